The smallest absolute Gasteiger partial charge is 0.254 e. The van der Waals surface area contributed by atoms with E-state index in [1.165, 1.54) is 6.42 Å². The molecule has 0 aromatic heterocycles. The maximum absolute atomic E-state index is 12.6. The van der Waals surface area contributed by atoms with E-state index in [1.807, 2.05) is 24.3 Å². The van der Waals surface area contributed by atoms with E-state index in [0.29, 0.717) is 12.6 Å². The molecule has 1 atom stereocenters. The Kier molecular flexibility index (Phi) is 4.97. The van der Waals surface area contributed by atoms with Gasteiger partial charge in [0.15, 0.2) is 0 Å². The molecule has 104 valence electrons. The second-order valence-electron chi connectivity index (χ2n) is 5.30. The molecule has 3 nitrogen and oxygen atoms in total. The van der Waals surface area contributed by atoms with Crippen LogP contribution in [-0.4, -0.2) is 29.9 Å². The zero-order chi connectivity index (χ0) is 13.7. The topological polar surface area (TPSA) is 46.3 Å². The Morgan fingerprint density at radius 1 is 1.42 bits per heavy atom. The summed E-state index contributed by atoms with van der Waals surface area (Å²) in [5.74, 6) is 0.186. The lowest BCUT2D eigenvalue weighted by Gasteiger charge is -2.35. The van der Waals surface area contributed by atoms with Gasteiger partial charge in [-0.3, -0.25) is 4.79 Å². The maximum atomic E-state index is 12.6. The Morgan fingerprint density at radius 3 is 3.00 bits per heavy atom. The summed E-state index contributed by atoms with van der Waals surface area (Å²) in [6.07, 6.45) is 5.40. The predicted octanol–water partition coefficient (Wildman–Crippen LogP) is 2.59. The van der Waals surface area contributed by atoms with Crippen molar-refractivity contribution >= 4 is 5.91 Å². The molecule has 0 aliphatic carbocycles. The summed E-state index contributed by atoms with van der Waals surface area (Å²) < 4.78 is 0. The molecule has 0 saturated carbocycles. The minimum absolute atomic E-state index is 0.186. The molecule has 0 spiro atoms. The van der Waals surface area contributed by atoms with Gasteiger partial charge in [0.05, 0.1) is 0 Å². The molecule has 1 aromatic carbocycles. The number of hydrogen-bond acceptors (Lipinski definition) is 2. The quantitative estimate of drug-likeness (QED) is 0.904. The van der Waals surface area contributed by atoms with Gasteiger partial charge in [-0.15, -0.1) is 0 Å². The van der Waals surface area contributed by atoms with Crippen molar-refractivity contribution in [2.75, 3.05) is 13.1 Å². The first-order chi connectivity index (χ1) is 9.26. The first-order valence-corrected chi connectivity index (χ1v) is 7.36. The van der Waals surface area contributed by atoms with E-state index >= 15 is 0 Å². The molecule has 1 saturated heterocycles. The Labute approximate surface area is 115 Å². The molecule has 1 aliphatic rings. The van der Waals surface area contributed by atoms with Crippen LogP contribution >= 0.6 is 0 Å². The summed E-state index contributed by atoms with van der Waals surface area (Å²) in [6, 6.07) is 8.33. The first-order valence-electron chi connectivity index (χ1n) is 7.36. The fourth-order valence-electron chi connectivity index (χ4n) is 2.88. The number of carbonyl (C=O) groups is 1. The molecule has 1 aromatic rings. The van der Waals surface area contributed by atoms with E-state index in [-0.39, 0.29) is 5.91 Å². The summed E-state index contributed by atoms with van der Waals surface area (Å²) >= 11 is 0. The lowest BCUT2D eigenvalue weighted by atomic mass is 9.98. The fourth-order valence-corrected chi connectivity index (χ4v) is 2.88. The number of nitrogens with two attached hydrogens (primary N) is 1. The van der Waals surface area contributed by atoms with Gasteiger partial charge in [0.1, 0.15) is 0 Å². The van der Waals surface area contributed by atoms with Gasteiger partial charge in [-0.05, 0) is 56.3 Å². The highest BCUT2D eigenvalue weighted by Crippen LogP contribution is 2.22. The first kappa shape index (κ1) is 14.1. The number of piperidine rings is 1. The van der Waals surface area contributed by atoms with Crippen LogP contribution in [-0.2, 0) is 6.42 Å². The van der Waals surface area contributed by atoms with E-state index in [2.05, 4.69) is 11.8 Å². The van der Waals surface area contributed by atoms with Gasteiger partial charge >= 0.3 is 0 Å². The van der Waals surface area contributed by atoms with Crippen LogP contribution in [0.25, 0.3) is 0 Å². The lowest BCUT2D eigenvalue weighted by molar-refractivity contribution is 0.0608. The number of carbonyl (C=O) groups excluding carboxylic acids is 1. The van der Waals surface area contributed by atoms with Crippen LogP contribution in [0.5, 0.6) is 0 Å². The minimum atomic E-state index is 0.186. The van der Waals surface area contributed by atoms with Crippen molar-refractivity contribution in [3.8, 4) is 0 Å². The van der Waals surface area contributed by atoms with Gasteiger partial charge in [-0.25, -0.2) is 0 Å². The molecular weight excluding hydrogens is 236 g/mol. The number of nitrogens with zero attached hydrogens (tertiary/aromatic N) is 1. The van der Waals surface area contributed by atoms with Crippen molar-refractivity contribution in [3.63, 3.8) is 0 Å². The molecule has 1 amide bonds. The van der Waals surface area contributed by atoms with Gasteiger partial charge < -0.3 is 10.6 Å². The second-order valence-corrected chi connectivity index (χ2v) is 5.30. The number of benzene rings is 1. The highest BCUT2D eigenvalue weighted by molar-refractivity contribution is 5.94. The maximum Gasteiger partial charge on any atom is 0.254 e. The zero-order valence-electron chi connectivity index (χ0n) is 11.8. The van der Waals surface area contributed by atoms with Crippen molar-refractivity contribution in [1.29, 1.82) is 0 Å². The highest BCUT2D eigenvalue weighted by atomic mass is 16.2. The van der Waals surface area contributed by atoms with Crippen LogP contribution < -0.4 is 5.73 Å². The third-order valence-electron chi connectivity index (χ3n) is 3.97. The average molecular weight is 260 g/mol. The molecule has 1 unspecified atom stereocenters. The van der Waals surface area contributed by atoms with Gasteiger partial charge in [0.2, 0.25) is 0 Å². The van der Waals surface area contributed by atoms with Gasteiger partial charge in [-0.1, -0.05) is 19.1 Å². The van der Waals surface area contributed by atoms with Crippen LogP contribution in [0, 0.1) is 0 Å². The van der Waals surface area contributed by atoms with Crippen LogP contribution in [0.3, 0.4) is 0 Å². The van der Waals surface area contributed by atoms with E-state index in [9.17, 15) is 4.79 Å². The molecule has 19 heavy (non-hydrogen) atoms. The monoisotopic (exact) mass is 260 g/mol. The van der Waals surface area contributed by atoms with Gasteiger partial charge in [0.25, 0.3) is 5.91 Å². The van der Waals surface area contributed by atoms with Crippen LogP contribution in [0.4, 0.5) is 0 Å². The lowest BCUT2D eigenvalue weighted by Crippen LogP contribution is -2.43. The van der Waals surface area contributed by atoms with E-state index in [1.54, 1.807) is 0 Å². The summed E-state index contributed by atoms with van der Waals surface area (Å²) in [5, 5.41) is 0. The molecule has 2 rings (SSSR count). The normalized spacial score (nSPS) is 19.5. The second kappa shape index (κ2) is 6.71. The molecular formula is C16H24N2O. The molecule has 1 aliphatic heterocycles. The Morgan fingerprint density at radius 2 is 2.26 bits per heavy atom. The van der Waals surface area contributed by atoms with E-state index in [4.69, 9.17) is 5.73 Å². The van der Waals surface area contributed by atoms with Crippen molar-refractivity contribution < 1.29 is 4.79 Å². The Bertz CT molecular complexity index is 431. The van der Waals surface area contributed by atoms with Gasteiger partial charge in [0, 0.05) is 18.2 Å². The predicted molar refractivity (Wildman–Crippen MR) is 78.2 cm³/mol. The van der Waals surface area contributed by atoms with E-state index < -0.39 is 0 Å². The van der Waals surface area contributed by atoms with Crippen molar-refractivity contribution in [2.24, 2.45) is 5.73 Å². The van der Waals surface area contributed by atoms with Crippen LogP contribution in [0.15, 0.2) is 24.3 Å². The summed E-state index contributed by atoms with van der Waals surface area (Å²) in [5.41, 5.74) is 7.54. The Hall–Kier alpha value is -1.35. The molecule has 3 heteroatoms. The molecule has 1 fully saturated rings. The SMILES string of the molecule is CCC1CCCCN1C(=O)c1cccc(CCN)c1. The largest absolute Gasteiger partial charge is 0.336 e. The zero-order valence-corrected chi connectivity index (χ0v) is 11.8. The fraction of sp³-hybridized carbons (Fsp3) is 0.562. The van der Waals surface area contributed by atoms with Crippen molar-refractivity contribution in [1.82, 2.24) is 4.90 Å². The van der Waals surface area contributed by atoms with Crippen molar-refractivity contribution in [2.45, 2.75) is 45.1 Å². The average Bonchev–Trinajstić information content (AvgIpc) is 2.47. The molecule has 2 N–H and O–H groups in total. The number of hydrogen-bond donors (Lipinski definition) is 1. The molecule has 0 radical (unpaired) electrons. The summed E-state index contributed by atoms with van der Waals surface area (Å²) in [7, 11) is 0. The molecule has 1 heterocycles. The van der Waals surface area contributed by atoms with E-state index in [0.717, 1.165) is 43.4 Å². The Balaban J connectivity index is 2.15. The highest BCUT2D eigenvalue weighted by Gasteiger charge is 2.26. The number of rotatable bonds is 4. The summed E-state index contributed by atoms with van der Waals surface area (Å²) in [6.45, 7) is 3.69. The number of likely N-dealkylation sites (tertiary alicyclic amines) is 1. The summed E-state index contributed by atoms with van der Waals surface area (Å²) in [4.78, 5) is 14.7. The van der Waals surface area contributed by atoms with Crippen molar-refractivity contribution in [3.05, 3.63) is 35.4 Å². The van der Waals surface area contributed by atoms with Gasteiger partial charge in [-0.2, -0.15) is 0 Å². The third-order valence-corrected chi connectivity index (χ3v) is 3.97. The third kappa shape index (κ3) is 3.35. The van der Waals surface area contributed by atoms with Crippen LogP contribution in [0.2, 0.25) is 0 Å². The standard InChI is InChI=1S/C16H24N2O/c1-2-15-8-3-4-11-18(15)16(19)14-7-5-6-13(12-14)9-10-17/h5-7,12,15H,2-4,8-11,17H2,1H3. The molecule has 0 bridgehead atoms. The minimum Gasteiger partial charge on any atom is -0.336 e. The number of amides is 1. The van der Waals surface area contributed by atoms with Crippen LogP contribution in [0.1, 0.15) is 48.5 Å².